The molecule has 0 radical (unpaired) electrons. The summed E-state index contributed by atoms with van der Waals surface area (Å²) in [5, 5.41) is 13.2. The zero-order valence-corrected chi connectivity index (χ0v) is 8.17. The standard InChI is InChI=1S/C8H8N6O2/c15-6-2-1-5(12-13-6)7(16)11-8-9-3-4-10-14-8/h3-4H,1-2H2,(H,13,15)(H,9,11,14,16). The Labute approximate surface area is 90.2 Å². The summed E-state index contributed by atoms with van der Waals surface area (Å²) in [6.45, 7) is 0. The van der Waals surface area contributed by atoms with Crippen molar-refractivity contribution in [2.45, 2.75) is 12.8 Å². The number of carbonyl (C=O) groups is 2. The maximum absolute atomic E-state index is 11.6. The average molecular weight is 220 g/mol. The second kappa shape index (κ2) is 4.43. The van der Waals surface area contributed by atoms with Crippen molar-refractivity contribution in [3.63, 3.8) is 0 Å². The van der Waals surface area contributed by atoms with E-state index in [0.29, 0.717) is 6.42 Å². The summed E-state index contributed by atoms with van der Waals surface area (Å²) < 4.78 is 0. The van der Waals surface area contributed by atoms with Crippen molar-refractivity contribution in [3.8, 4) is 0 Å². The highest BCUT2D eigenvalue weighted by atomic mass is 16.2. The predicted octanol–water partition coefficient (Wildman–Crippen LogP) is -0.924. The second-order valence-corrected chi connectivity index (χ2v) is 3.01. The van der Waals surface area contributed by atoms with Gasteiger partial charge in [-0.25, -0.2) is 10.4 Å². The molecule has 1 aromatic heterocycles. The Bertz CT molecular complexity index is 443. The van der Waals surface area contributed by atoms with Gasteiger partial charge in [0.2, 0.25) is 11.9 Å². The van der Waals surface area contributed by atoms with Crippen molar-refractivity contribution in [3.05, 3.63) is 12.4 Å². The topological polar surface area (TPSA) is 109 Å². The van der Waals surface area contributed by atoms with E-state index in [4.69, 9.17) is 0 Å². The first-order valence-electron chi connectivity index (χ1n) is 4.56. The molecule has 0 bridgehead atoms. The number of nitrogens with zero attached hydrogens (tertiary/aromatic N) is 4. The SMILES string of the molecule is O=C1CCC(C(=O)Nc2nccnn2)=NN1. The minimum atomic E-state index is -0.437. The third-order valence-corrected chi connectivity index (χ3v) is 1.87. The number of rotatable bonds is 2. The minimum Gasteiger partial charge on any atom is -0.288 e. The van der Waals surface area contributed by atoms with Crippen molar-refractivity contribution >= 4 is 23.5 Å². The Morgan fingerprint density at radius 1 is 1.38 bits per heavy atom. The van der Waals surface area contributed by atoms with Crippen LogP contribution in [0.1, 0.15) is 12.8 Å². The van der Waals surface area contributed by atoms with E-state index in [1.807, 2.05) is 0 Å². The van der Waals surface area contributed by atoms with Crippen molar-refractivity contribution in [2.24, 2.45) is 5.10 Å². The van der Waals surface area contributed by atoms with Crippen LogP contribution in [0, 0.1) is 0 Å². The molecule has 0 fully saturated rings. The molecule has 2 heterocycles. The van der Waals surface area contributed by atoms with Crippen molar-refractivity contribution < 1.29 is 9.59 Å². The van der Waals surface area contributed by atoms with E-state index >= 15 is 0 Å². The maximum Gasteiger partial charge on any atom is 0.274 e. The lowest BCUT2D eigenvalue weighted by Crippen LogP contribution is -2.33. The lowest BCUT2D eigenvalue weighted by Gasteiger charge is -2.10. The van der Waals surface area contributed by atoms with Crippen LogP contribution in [0.5, 0.6) is 0 Å². The number of amides is 2. The van der Waals surface area contributed by atoms with Gasteiger partial charge in [0.25, 0.3) is 5.91 Å². The van der Waals surface area contributed by atoms with E-state index in [1.165, 1.54) is 12.4 Å². The molecule has 16 heavy (non-hydrogen) atoms. The van der Waals surface area contributed by atoms with Crippen LogP contribution in [0.25, 0.3) is 0 Å². The highest BCUT2D eigenvalue weighted by Crippen LogP contribution is 2.02. The quantitative estimate of drug-likeness (QED) is 0.669. The van der Waals surface area contributed by atoms with Gasteiger partial charge in [-0.1, -0.05) is 0 Å². The zero-order valence-electron chi connectivity index (χ0n) is 8.17. The van der Waals surface area contributed by atoms with Gasteiger partial charge in [0.05, 0.1) is 12.4 Å². The number of aromatic nitrogens is 3. The first-order chi connectivity index (χ1) is 7.75. The Morgan fingerprint density at radius 3 is 2.88 bits per heavy atom. The first-order valence-corrected chi connectivity index (χ1v) is 4.56. The van der Waals surface area contributed by atoms with Crippen LogP contribution in [0.15, 0.2) is 17.5 Å². The van der Waals surface area contributed by atoms with Gasteiger partial charge in [0.15, 0.2) is 0 Å². The minimum absolute atomic E-state index is 0.104. The molecule has 0 aromatic carbocycles. The van der Waals surface area contributed by atoms with E-state index < -0.39 is 5.91 Å². The molecule has 2 rings (SSSR count). The number of anilines is 1. The lowest BCUT2D eigenvalue weighted by atomic mass is 10.2. The maximum atomic E-state index is 11.6. The molecule has 0 atom stereocenters. The van der Waals surface area contributed by atoms with Crippen LogP contribution in [0.2, 0.25) is 0 Å². The van der Waals surface area contributed by atoms with Gasteiger partial charge in [-0.2, -0.15) is 10.2 Å². The molecule has 0 unspecified atom stereocenters. The fourth-order valence-corrected chi connectivity index (χ4v) is 1.12. The Kier molecular flexibility index (Phi) is 2.81. The van der Waals surface area contributed by atoms with Crippen LogP contribution in [0.3, 0.4) is 0 Å². The molecular weight excluding hydrogens is 212 g/mol. The zero-order chi connectivity index (χ0) is 11.4. The van der Waals surface area contributed by atoms with Crippen LogP contribution < -0.4 is 10.7 Å². The molecule has 8 heteroatoms. The largest absolute Gasteiger partial charge is 0.288 e. The summed E-state index contributed by atoms with van der Waals surface area (Å²) >= 11 is 0. The smallest absolute Gasteiger partial charge is 0.274 e. The average Bonchev–Trinajstić information content (AvgIpc) is 2.31. The monoisotopic (exact) mass is 220 g/mol. The Balaban J connectivity index is 2.01. The second-order valence-electron chi connectivity index (χ2n) is 3.01. The number of hydrogen-bond donors (Lipinski definition) is 2. The highest BCUT2D eigenvalue weighted by Gasteiger charge is 2.18. The molecule has 1 aromatic rings. The number of carbonyl (C=O) groups excluding carboxylic acids is 2. The van der Waals surface area contributed by atoms with E-state index in [2.05, 4.69) is 31.0 Å². The summed E-state index contributed by atoms with van der Waals surface area (Å²) in [4.78, 5) is 26.2. The fraction of sp³-hybridized carbons (Fsp3) is 0.250. The molecule has 0 saturated carbocycles. The third kappa shape index (κ3) is 2.35. The molecule has 2 N–H and O–H groups in total. The number of hydrazone groups is 1. The molecule has 1 aliphatic rings. The van der Waals surface area contributed by atoms with Gasteiger partial charge in [-0.05, 0) is 0 Å². The highest BCUT2D eigenvalue weighted by molar-refractivity contribution is 6.43. The lowest BCUT2D eigenvalue weighted by molar-refractivity contribution is -0.121. The van der Waals surface area contributed by atoms with Crippen LogP contribution >= 0.6 is 0 Å². The van der Waals surface area contributed by atoms with Gasteiger partial charge >= 0.3 is 0 Å². The molecular formula is C8H8N6O2. The summed E-state index contributed by atoms with van der Waals surface area (Å²) in [7, 11) is 0. The Hall–Kier alpha value is -2.38. The van der Waals surface area contributed by atoms with E-state index in [0.717, 1.165) is 0 Å². The molecule has 82 valence electrons. The molecule has 0 spiro atoms. The van der Waals surface area contributed by atoms with Crippen molar-refractivity contribution in [2.75, 3.05) is 5.32 Å². The van der Waals surface area contributed by atoms with Gasteiger partial charge in [-0.3, -0.25) is 14.9 Å². The molecule has 1 aliphatic heterocycles. The van der Waals surface area contributed by atoms with E-state index in [9.17, 15) is 9.59 Å². The number of nitrogens with one attached hydrogen (secondary N) is 2. The first kappa shape index (κ1) is 10.1. The summed E-state index contributed by atoms with van der Waals surface area (Å²) in [5.41, 5.74) is 2.47. The van der Waals surface area contributed by atoms with Crippen LogP contribution in [-0.4, -0.2) is 32.7 Å². The molecule has 8 nitrogen and oxygen atoms in total. The van der Waals surface area contributed by atoms with Gasteiger partial charge in [-0.15, -0.1) is 5.10 Å². The van der Waals surface area contributed by atoms with Crippen LogP contribution in [-0.2, 0) is 9.59 Å². The van der Waals surface area contributed by atoms with Gasteiger partial charge < -0.3 is 0 Å². The molecule has 0 saturated heterocycles. The van der Waals surface area contributed by atoms with Gasteiger partial charge in [0.1, 0.15) is 5.71 Å². The van der Waals surface area contributed by atoms with Crippen molar-refractivity contribution in [1.29, 1.82) is 0 Å². The third-order valence-electron chi connectivity index (χ3n) is 1.87. The molecule has 0 aliphatic carbocycles. The number of hydrogen-bond acceptors (Lipinski definition) is 6. The van der Waals surface area contributed by atoms with Crippen molar-refractivity contribution in [1.82, 2.24) is 20.6 Å². The van der Waals surface area contributed by atoms with E-state index in [-0.39, 0.29) is 24.0 Å². The van der Waals surface area contributed by atoms with Gasteiger partial charge in [0, 0.05) is 12.8 Å². The summed E-state index contributed by atoms with van der Waals surface area (Å²) in [5.74, 6) is -0.533. The van der Waals surface area contributed by atoms with E-state index in [1.54, 1.807) is 0 Å². The predicted molar refractivity (Wildman–Crippen MR) is 53.3 cm³/mol. The normalized spacial score (nSPS) is 15.0. The fourth-order valence-electron chi connectivity index (χ4n) is 1.12. The summed E-state index contributed by atoms with van der Waals surface area (Å²) in [6.07, 6.45) is 3.36. The molecule has 2 amide bonds. The van der Waals surface area contributed by atoms with Crippen LogP contribution in [0.4, 0.5) is 5.95 Å². The summed E-state index contributed by atoms with van der Waals surface area (Å²) in [6, 6.07) is 0. The Morgan fingerprint density at radius 2 is 2.25 bits per heavy atom.